The Kier molecular flexibility index (Phi) is 4.30. The Hall–Kier alpha value is -1.68. The summed E-state index contributed by atoms with van der Waals surface area (Å²) in [7, 11) is 0. The monoisotopic (exact) mass is 358 g/mol. The van der Waals surface area contributed by atoms with Gasteiger partial charge in [0.2, 0.25) is 5.91 Å². The lowest BCUT2D eigenvalue weighted by atomic mass is 9.78. The van der Waals surface area contributed by atoms with E-state index in [2.05, 4.69) is 38.4 Å². The highest BCUT2D eigenvalue weighted by atomic mass is 79.9. The van der Waals surface area contributed by atoms with Gasteiger partial charge in [-0.25, -0.2) is 4.98 Å². The first-order valence-corrected chi connectivity index (χ1v) is 8.41. The molecule has 0 radical (unpaired) electrons. The predicted molar refractivity (Wildman–Crippen MR) is 91.9 cm³/mol. The second kappa shape index (κ2) is 6.21. The van der Waals surface area contributed by atoms with Crippen LogP contribution in [0.1, 0.15) is 36.9 Å². The number of benzene rings is 1. The summed E-state index contributed by atoms with van der Waals surface area (Å²) in [6.07, 6.45) is 3.99. The molecule has 2 aromatic rings. The van der Waals surface area contributed by atoms with Crippen LogP contribution in [0.25, 0.3) is 0 Å². The second-order valence-corrected chi connectivity index (χ2v) is 6.73. The summed E-state index contributed by atoms with van der Waals surface area (Å²) in [5.74, 6) is 0.679. The first-order chi connectivity index (χ1) is 10.6. The minimum atomic E-state index is -0.413. The Labute approximate surface area is 139 Å². The zero-order valence-electron chi connectivity index (χ0n) is 12.6. The highest BCUT2D eigenvalue weighted by Gasteiger charge is 2.42. The van der Waals surface area contributed by atoms with Crippen LogP contribution in [0.3, 0.4) is 0 Å². The lowest BCUT2D eigenvalue weighted by Gasteiger charge is -2.28. The van der Waals surface area contributed by atoms with Crippen molar-refractivity contribution in [1.29, 1.82) is 0 Å². The molecule has 1 aliphatic carbocycles. The molecule has 1 aliphatic rings. The first-order valence-electron chi connectivity index (χ1n) is 7.62. The Morgan fingerprint density at radius 1 is 1.14 bits per heavy atom. The Bertz CT molecular complexity index is 679. The predicted octanol–water partition coefficient (Wildman–Crippen LogP) is 4.60. The van der Waals surface area contributed by atoms with Crippen molar-refractivity contribution < 1.29 is 4.79 Å². The molecule has 0 bridgehead atoms. The summed E-state index contributed by atoms with van der Waals surface area (Å²) >= 11 is 3.43. The van der Waals surface area contributed by atoms with E-state index in [-0.39, 0.29) is 5.91 Å². The van der Waals surface area contributed by atoms with Gasteiger partial charge in [-0.2, -0.15) is 0 Å². The normalized spacial score (nSPS) is 16.5. The van der Waals surface area contributed by atoms with Gasteiger partial charge < -0.3 is 5.32 Å². The van der Waals surface area contributed by atoms with Gasteiger partial charge in [0.25, 0.3) is 0 Å². The van der Waals surface area contributed by atoms with E-state index in [0.717, 1.165) is 41.4 Å². The lowest BCUT2D eigenvalue weighted by molar-refractivity contribution is -0.121. The number of anilines is 1. The molecule has 114 valence electrons. The molecule has 3 nitrogen and oxygen atoms in total. The van der Waals surface area contributed by atoms with Crippen LogP contribution in [0.4, 0.5) is 5.82 Å². The summed E-state index contributed by atoms with van der Waals surface area (Å²) < 4.78 is 0.948. The lowest BCUT2D eigenvalue weighted by Crippen LogP contribution is -2.38. The number of carbonyl (C=O) groups excluding carboxylic acids is 1. The van der Waals surface area contributed by atoms with E-state index in [0.29, 0.717) is 5.82 Å². The maximum Gasteiger partial charge on any atom is 0.236 e. The number of aromatic nitrogens is 1. The third-order valence-electron chi connectivity index (χ3n) is 4.48. The number of rotatable bonds is 3. The molecule has 0 spiro atoms. The van der Waals surface area contributed by atoms with Crippen LogP contribution in [-0.2, 0) is 10.2 Å². The van der Waals surface area contributed by atoms with Crippen LogP contribution in [0.15, 0.2) is 46.9 Å². The number of carbonyl (C=O) groups is 1. The van der Waals surface area contributed by atoms with E-state index in [1.807, 2.05) is 37.3 Å². The van der Waals surface area contributed by atoms with Crippen LogP contribution in [0.5, 0.6) is 0 Å². The molecule has 1 amide bonds. The highest BCUT2D eigenvalue weighted by molar-refractivity contribution is 9.10. The van der Waals surface area contributed by atoms with Gasteiger partial charge in [-0.1, -0.05) is 43.2 Å². The zero-order chi connectivity index (χ0) is 15.6. The largest absolute Gasteiger partial charge is 0.310 e. The first kappa shape index (κ1) is 15.2. The average molecular weight is 359 g/mol. The smallest absolute Gasteiger partial charge is 0.236 e. The van der Waals surface area contributed by atoms with Crippen LogP contribution >= 0.6 is 15.9 Å². The molecule has 1 N–H and O–H groups in total. The van der Waals surface area contributed by atoms with E-state index < -0.39 is 5.41 Å². The highest BCUT2D eigenvalue weighted by Crippen LogP contribution is 2.41. The van der Waals surface area contributed by atoms with E-state index >= 15 is 0 Å². The minimum Gasteiger partial charge on any atom is -0.310 e. The van der Waals surface area contributed by atoms with Crippen molar-refractivity contribution in [2.24, 2.45) is 0 Å². The third kappa shape index (κ3) is 2.80. The van der Waals surface area contributed by atoms with Gasteiger partial charge in [0, 0.05) is 4.47 Å². The quantitative estimate of drug-likeness (QED) is 0.870. The molecule has 1 saturated carbocycles. The number of pyridine rings is 1. The van der Waals surface area contributed by atoms with Crippen molar-refractivity contribution in [3.8, 4) is 0 Å². The van der Waals surface area contributed by atoms with Crippen LogP contribution in [0.2, 0.25) is 0 Å². The number of amides is 1. The van der Waals surface area contributed by atoms with Crippen molar-refractivity contribution in [3.63, 3.8) is 0 Å². The molecule has 0 atom stereocenters. The molecule has 1 heterocycles. The molecule has 3 rings (SSSR count). The Balaban J connectivity index is 1.89. The molecule has 0 aliphatic heterocycles. The number of aryl methyl sites for hydroxylation is 1. The summed E-state index contributed by atoms with van der Waals surface area (Å²) in [6.45, 7) is 1.92. The molecule has 1 aromatic carbocycles. The molecule has 4 heteroatoms. The van der Waals surface area contributed by atoms with Crippen molar-refractivity contribution >= 4 is 27.7 Å². The number of halogens is 1. The van der Waals surface area contributed by atoms with Crippen molar-refractivity contribution in [3.05, 3.63) is 58.2 Å². The zero-order valence-corrected chi connectivity index (χ0v) is 14.2. The van der Waals surface area contributed by atoms with Crippen molar-refractivity contribution in [2.75, 3.05) is 5.32 Å². The molecular formula is C18H19BrN2O. The fourth-order valence-electron chi connectivity index (χ4n) is 3.23. The average Bonchev–Trinajstić information content (AvgIpc) is 3.03. The second-order valence-electron chi connectivity index (χ2n) is 5.87. The molecule has 1 aromatic heterocycles. The number of hydrogen-bond acceptors (Lipinski definition) is 2. The van der Waals surface area contributed by atoms with Gasteiger partial charge in [0.15, 0.2) is 0 Å². The molecule has 0 saturated heterocycles. The van der Waals surface area contributed by atoms with Gasteiger partial charge in [0.1, 0.15) is 5.82 Å². The maximum atomic E-state index is 13.0. The van der Waals surface area contributed by atoms with Crippen LogP contribution in [0, 0.1) is 6.92 Å². The number of nitrogens with zero attached hydrogens (tertiary/aromatic N) is 1. The molecule has 0 unspecified atom stereocenters. The van der Waals surface area contributed by atoms with Crippen molar-refractivity contribution in [2.45, 2.75) is 38.0 Å². The van der Waals surface area contributed by atoms with Gasteiger partial charge in [-0.15, -0.1) is 0 Å². The Morgan fingerprint density at radius 2 is 1.82 bits per heavy atom. The summed E-state index contributed by atoms with van der Waals surface area (Å²) in [6, 6.07) is 13.9. The summed E-state index contributed by atoms with van der Waals surface area (Å²) in [5, 5.41) is 3.02. The number of hydrogen-bond donors (Lipinski definition) is 1. The van der Waals surface area contributed by atoms with E-state index in [9.17, 15) is 4.79 Å². The summed E-state index contributed by atoms with van der Waals surface area (Å²) in [4.78, 5) is 17.4. The molecular weight excluding hydrogens is 340 g/mol. The van der Waals surface area contributed by atoms with E-state index in [1.165, 1.54) is 0 Å². The maximum absolute atomic E-state index is 13.0. The standard InChI is InChI=1S/C18H19BrN2O/c1-13-15(19)9-10-16(20-13)21-17(22)18(11-5-6-12-18)14-7-3-2-4-8-14/h2-4,7-10H,5-6,11-12H2,1H3,(H,20,21,22). The molecule has 22 heavy (non-hydrogen) atoms. The van der Waals surface area contributed by atoms with Crippen molar-refractivity contribution in [1.82, 2.24) is 4.98 Å². The number of nitrogens with one attached hydrogen (secondary N) is 1. The van der Waals surface area contributed by atoms with Gasteiger partial charge >= 0.3 is 0 Å². The Morgan fingerprint density at radius 3 is 2.45 bits per heavy atom. The summed E-state index contributed by atoms with van der Waals surface area (Å²) in [5.41, 5.74) is 1.57. The van der Waals surface area contributed by atoms with E-state index in [4.69, 9.17) is 0 Å². The fourth-order valence-corrected chi connectivity index (χ4v) is 3.45. The van der Waals surface area contributed by atoms with Gasteiger partial charge in [-0.05, 0) is 53.4 Å². The fraction of sp³-hybridized carbons (Fsp3) is 0.333. The minimum absolute atomic E-state index is 0.0606. The van der Waals surface area contributed by atoms with Gasteiger partial charge in [-0.3, -0.25) is 4.79 Å². The van der Waals surface area contributed by atoms with Crippen LogP contribution in [-0.4, -0.2) is 10.9 Å². The van der Waals surface area contributed by atoms with E-state index in [1.54, 1.807) is 0 Å². The topological polar surface area (TPSA) is 42.0 Å². The third-order valence-corrected chi connectivity index (χ3v) is 5.32. The molecule has 1 fully saturated rings. The SMILES string of the molecule is Cc1nc(NC(=O)C2(c3ccccc3)CCCC2)ccc1Br. The van der Waals surface area contributed by atoms with Crippen LogP contribution < -0.4 is 5.32 Å². The van der Waals surface area contributed by atoms with Gasteiger partial charge in [0.05, 0.1) is 11.1 Å².